The molecule has 0 fully saturated rings. The van der Waals surface area contributed by atoms with Gasteiger partial charge >= 0.3 is 0 Å². The number of hydrogen-bond acceptors (Lipinski definition) is 5. The summed E-state index contributed by atoms with van der Waals surface area (Å²) in [7, 11) is 0. The van der Waals surface area contributed by atoms with Crippen LogP contribution in [-0.4, -0.2) is 44.3 Å². The SMILES string of the molecule is CCOCCCn1ccnc1NCCCn1ccnn1. The van der Waals surface area contributed by atoms with Crippen LogP contribution in [0.5, 0.6) is 0 Å². The Morgan fingerprint density at radius 1 is 1.20 bits per heavy atom. The van der Waals surface area contributed by atoms with Gasteiger partial charge in [-0.15, -0.1) is 5.10 Å². The van der Waals surface area contributed by atoms with Crippen molar-refractivity contribution < 1.29 is 4.74 Å². The molecule has 0 aliphatic rings. The van der Waals surface area contributed by atoms with E-state index in [9.17, 15) is 0 Å². The summed E-state index contributed by atoms with van der Waals surface area (Å²) >= 11 is 0. The lowest BCUT2D eigenvalue weighted by atomic mass is 10.4. The van der Waals surface area contributed by atoms with Crippen LogP contribution in [0, 0.1) is 0 Å². The summed E-state index contributed by atoms with van der Waals surface area (Å²) in [5.41, 5.74) is 0. The number of anilines is 1. The minimum atomic E-state index is 0.775. The zero-order valence-electron chi connectivity index (χ0n) is 11.9. The van der Waals surface area contributed by atoms with Crippen LogP contribution in [0.1, 0.15) is 19.8 Å². The van der Waals surface area contributed by atoms with E-state index in [-0.39, 0.29) is 0 Å². The van der Waals surface area contributed by atoms with Gasteiger partial charge in [0.25, 0.3) is 0 Å². The molecule has 0 radical (unpaired) electrons. The predicted molar refractivity (Wildman–Crippen MR) is 76.5 cm³/mol. The third-order valence-electron chi connectivity index (χ3n) is 2.93. The molecule has 0 aliphatic carbocycles. The minimum Gasteiger partial charge on any atom is -0.382 e. The van der Waals surface area contributed by atoms with Gasteiger partial charge in [0.2, 0.25) is 5.95 Å². The number of aromatic nitrogens is 5. The van der Waals surface area contributed by atoms with Gasteiger partial charge in [-0.3, -0.25) is 4.68 Å². The fourth-order valence-corrected chi connectivity index (χ4v) is 1.93. The van der Waals surface area contributed by atoms with Crippen LogP contribution in [0.4, 0.5) is 5.95 Å². The van der Waals surface area contributed by atoms with E-state index in [1.54, 1.807) is 6.20 Å². The molecule has 110 valence electrons. The molecule has 20 heavy (non-hydrogen) atoms. The Kier molecular flexibility index (Phi) is 6.04. The van der Waals surface area contributed by atoms with Crippen molar-refractivity contribution in [1.29, 1.82) is 0 Å². The lowest BCUT2D eigenvalue weighted by Gasteiger charge is -2.09. The highest BCUT2D eigenvalue weighted by Crippen LogP contribution is 2.05. The average Bonchev–Trinajstić information content (AvgIpc) is 3.11. The standard InChI is InChI=1S/C13H22N6O/c1-2-20-12-4-8-18-10-6-15-13(18)14-5-3-9-19-11-7-16-17-19/h6-7,10-11H,2-5,8-9,12H2,1H3,(H,14,15). The Morgan fingerprint density at radius 2 is 2.15 bits per heavy atom. The average molecular weight is 278 g/mol. The molecule has 1 N–H and O–H groups in total. The molecule has 0 aromatic carbocycles. The van der Waals surface area contributed by atoms with Gasteiger partial charge in [-0.1, -0.05) is 5.21 Å². The van der Waals surface area contributed by atoms with Gasteiger partial charge in [0, 0.05) is 51.4 Å². The number of hydrogen-bond donors (Lipinski definition) is 1. The summed E-state index contributed by atoms with van der Waals surface area (Å²) in [5, 5.41) is 11.1. The first-order valence-electron chi connectivity index (χ1n) is 7.07. The number of aryl methyl sites for hydroxylation is 2. The molecule has 0 saturated heterocycles. The Morgan fingerprint density at radius 3 is 2.95 bits per heavy atom. The second kappa shape index (κ2) is 8.31. The fraction of sp³-hybridized carbons (Fsp3) is 0.615. The third-order valence-corrected chi connectivity index (χ3v) is 2.93. The van der Waals surface area contributed by atoms with Crippen molar-refractivity contribution in [2.75, 3.05) is 25.1 Å². The van der Waals surface area contributed by atoms with Crippen LogP contribution in [0.15, 0.2) is 24.8 Å². The molecule has 0 saturated carbocycles. The molecule has 0 amide bonds. The van der Waals surface area contributed by atoms with Crippen molar-refractivity contribution in [2.24, 2.45) is 0 Å². The van der Waals surface area contributed by atoms with E-state index in [4.69, 9.17) is 4.74 Å². The van der Waals surface area contributed by atoms with Gasteiger partial charge in [0.05, 0.1) is 6.20 Å². The van der Waals surface area contributed by atoms with Gasteiger partial charge in [-0.25, -0.2) is 4.98 Å². The van der Waals surface area contributed by atoms with E-state index >= 15 is 0 Å². The van der Waals surface area contributed by atoms with Crippen molar-refractivity contribution in [3.63, 3.8) is 0 Å². The fourth-order valence-electron chi connectivity index (χ4n) is 1.93. The number of nitrogens with zero attached hydrogens (tertiary/aromatic N) is 5. The molecule has 2 heterocycles. The van der Waals surface area contributed by atoms with Crippen LogP contribution in [-0.2, 0) is 17.8 Å². The topological polar surface area (TPSA) is 69.8 Å². The first-order valence-corrected chi connectivity index (χ1v) is 7.07. The smallest absolute Gasteiger partial charge is 0.202 e. The van der Waals surface area contributed by atoms with Crippen LogP contribution >= 0.6 is 0 Å². The maximum Gasteiger partial charge on any atom is 0.202 e. The predicted octanol–water partition coefficient (Wildman–Crippen LogP) is 1.40. The largest absolute Gasteiger partial charge is 0.382 e. The number of rotatable bonds is 10. The van der Waals surface area contributed by atoms with Gasteiger partial charge in [-0.2, -0.15) is 0 Å². The van der Waals surface area contributed by atoms with Gasteiger partial charge in [0.1, 0.15) is 0 Å². The van der Waals surface area contributed by atoms with Crippen LogP contribution in [0.2, 0.25) is 0 Å². The van der Waals surface area contributed by atoms with Crippen molar-refractivity contribution in [3.05, 3.63) is 24.8 Å². The van der Waals surface area contributed by atoms with Crippen molar-refractivity contribution in [2.45, 2.75) is 32.9 Å². The molecule has 0 spiro atoms. The molecule has 0 bridgehead atoms. The first kappa shape index (κ1) is 14.5. The lowest BCUT2D eigenvalue weighted by Crippen LogP contribution is -2.12. The van der Waals surface area contributed by atoms with E-state index in [1.165, 1.54) is 0 Å². The van der Waals surface area contributed by atoms with Gasteiger partial charge in [0.15, 0.2) is 0 Å². The zero-order chi connectivity index (χ0) is 14.0. The number of nitrogens with one attached hydrogen (secondary N) is 1. The van der Waals surface area contributed by atoms with E-state index in [1.807, 2.05) is 30.2 Å². The highest BCUT2D eigenvalue weighted by molar-refractivity contribution is 5.25. The Hall–Kier alpha value is -1.89. The third kappa shape index (κ3) is 4.65. The molecule has 0 unspecified atom stereocenters. The molecular formula is C13H22N6O. The quantitative estimate of drug-likeness (QED) is 0.665. The maximum atomic E-state index is 5.34. The van der Waals surface area contributed by atoms with Gasteiger partial charge < -0.3 is 14.6 Å². The summed E-state index contributed by atoms with van der Waals surface area (Å²) in [5.74, 6) is 0.917. The Balaban J connectivity index is 1.66. The second-order valence-electron chi connectivity index (χ2n) is 4.44. The molecule has 2 aromatic rings. The summed E-state index contributed by atoms with van der Waals surface area (Å²) < 4.78 is 9.29. The lowest BCUT2D eigenvalue weighted by molar-refractivity contribution is 0.142. The monoisotopic (exact) mass is 278 g/mol. The highest BCUT2D eigenvalue weighted by atomic mass is 16.5. The van der Waals surface area contributed by atoms with Gasteiger partial charge in [-0.05, 0) is 19.8 Å². The van der Waals surface area contributed by atoms with Crippen molar-refractivity contribution >= 4 is 5.95 Å². The van der Waals surface area contributed by atoms with E-state index in [0.717, 1.165) is 51.6 Å². The number of ether oxygens (including phenoxy) is 1. The van der Waals surface area contributed by atoms with E-state index < -0.39 is 0 Å². The Labute approximate surface area is 119 Å². The van der Waals surface area contributed by atoms with Crippen LogP contribution < -0.4 is 5.32 Å². The molecule has 2 aromatic heterocycles. The molecule has 0 atom stereocenters. The minimum absolute atomic E-state index is 0.775. The summed E-state index contributed by atoms with van der Waals surface area (Å²) in [4.78, 5) is 4.33. The maximum absolute atomic E-state index is 5.34. The Bertz CT molecular complexity index is 467. The van der Waals surface area contributed by atoms with Crippen LogP contribution in [0.3, 0.4) is 0 Å². The first-order chi connectivity index (χ1) is 9.90. The molecule has 7 heteroatoms. The number of imidazole rings is 1. The normalized spacial score (nSPS) is 10.8. The second-order valence-corrected chi connectivity index (χ2v) is 4.44. The van der Waals surface area contributed by atoms with Crippen LogP contribution in [0.25, 0.3) is 0 Å². The molecule has 2 rings (SSSR count). The summed E-state index contributed by atoms with van der Waals surface area (Å²) in [6, 6.07) is 0. The van der Waals surface area contributed by atoms with E-state index in [2.05, 4.69) is 25.2 Å². The molecule has 7 nitrogen and oxygen atoms in total. The summed E-state index contributed by atoms with van der Waals surface area (Å²) in [6.45, 7) is 6.23. The van der Waals surface area contributed by atoms with E-state index in [0.29, 0.717) is 0 Å². The zero-order valence-corrected chi connectivity index (χ0v) is 11.9. The highest BCUT2D eigenvalue weighted by Gasteiger charge is 2.01. The molecule has 0 aliphatic heterocycles. The summed E-state index contributed by atoms with van der Waals surface area (Å²) in [6.07, 6.45) is 9.35. The van der Waals surface area contributed by atoms with Crippen molar-refractivity contribution in [3.8, 4) is 0 Å². The molecular weight excluding hydrogens is 256 g/mol. The van der Waals surface area contributed by atoms with Crippen molar-refractivity contribution in [1.82, 2.24) is 24.5 Å².